The molecule has 1 rings (SSSR count). The highest BCUT2D eigenvalue weighted by atomic mass is 79.9. The molecule has 0 aliphatic heterocycles. The Kier molecular flexibility index (Phi) is 2.94. The summed E-state index contributed by atoms with van der Waals surface area (Å²) in [6, 6.07) is 3.86. The molecular weight excluding hydrogens is 230 g/mol. The van der Waals surface area contributed by atoms with Gasteiger partial charge in [0.1, 0.15) is 5.75 Å². The van der Waals surface area contributed by atoms with Crippen molar-refractivity contribution in [1.82, 2.24) is 0 Å². The van der Waals surface area contributed by atoms with Crippen LogP contribution in [0.5, 0.6) is 5.75 Å². The van der Waals surface area contributed by atoms with Crippen molar-refractivity contribution < 1.29 is 5.11 Å². The van der Waals surface area contributed by atoms with Gasteiger partial charge in [-0.3, -0.25) is 0 Å². The summed E-state index contributed by atoms with van der Waals surface area (Å²) in [5.74, 6) is 0.185. The molecule has 0 unspecified atom stereocenters. The van der Waals surface area contributed by atoms with Crippen LogP contribution in [0.4, 0.5) is 0 Å². The van der Waals surface area contributed by atoms with Crippen molar-refractivity contribution in [1.29, 1.82) is 5.26 Å². The number of halogens is 1. The molecule has 0 radical (unpaired) electrons. The van der Waals surface area contributed by atoms with Crippen molar-refractivity contribution >= 4 is 15.9 Å². The minimum Gasteiger partial charge on any atom is -0.506 e. The fraction of sp³-hybridized carbons (Fsp3) is 0.300. The molecular formula is C10H10BrNO. The van der Waals surface area contributed by atoms with Gasteiger partial charge in [0.05, 0.1) is 17.0 Å². The van der Waals surface area contributed by atoms with Crippen LogP contribution in [0.2, 0.25) is 0 Å². The molecule has 0 bridgehead atoms. The quantitative estimate of drug-likeness (QED) is 0.820. The lowest BCUT2D eigenvalue weighted by atomic mass is 10.0. The number of nitriles is 1. The van der Waals surface area contributed by atoms with Gasteiger partial charge in [0.2, 0.25) is 0 Å². The van der Waals surface area contributed by atoms with E-state index in [9.17, 15) is 5.11 Å². The standard InChI is InChI=1S/C10H10BrNO/c1-6-5-8(3-4-12)10(13)9(11)7(6)2/h5,13H,3H2,1-2H3. The number of phenols is 1. The molecule has 0 fully saturated rings. The summed E-state index contributed by atoms with van der Waals surface area (Å²) in [5.41, 5.74) is 2.77. The molecule has 1 aromatic rings. The zero-order valence-electron chi connectivity index (χ0n) is 7.56. The Morgan fingerprint density at radius 2 is 2.15 bits per heavy atom. The lowest BCUT2D eigenvalue weighted by Gasteiger charge is -2.08. The van der Waals surface area contributed by atoms with E-state index < -0.39 is 0 Å². The van der Waals surface area contributed by atoms with Crippen molar-refractivity contribution in [3.8, 4) is 11.8 Å². The molecule has 0 saturated carbocycles. The molecule has 1 aromatic carbocycles. The predicted molar refractivity (Wildman–Crippen MR) is 54.6 cm³/mol. The third-order valence-electron chi connectivity index (χ3n) is 2.09. The van der Waals surface area contributed by atoms with Crippen molar-refractivity contribution in [2.24, 2.45) is 0 Å². The summed E-state index contributed by atoms with van der Waals surface area (Å²) in [7, 11) is 0. The molecule has 1 N–H and O–H groups in total. The Morgan fingerprint density at radius 1 is 1.54 bits per heavy atom. The Balaban J connectivity index is 3.34. The van der Waals surface area contributed by atoms with E-state index in [0.29, 0.717) is 10.0 Å². The maximum atomic E-state index is 9.64. The summed E-state index contributed by atoms with van der Waals surface area (Å²) in [6.07, 6.45) is 0.242. The second-order valence-electron chi connectivity index (χ2n) is 2.98. The first-order chi connectivity index (χ1) is 6.07. The zero-order chi connectivity index (χ0) is 10.0. The van der Waals surface area contributed by atoms with Gasteiger partial charge in [-0.25, -0.2) is 0 Å². The van der Waals surface area contributed by atoms with Crippen molar-refractivity contribution in [3.63, 3.8) is 0 Å². The van der Waals surface area contributed by atoms with E-state index in [2.05, 4.69) is 15.9 Å². The smallest absolute Gasteiger partial charge is 0.134 e. The van der Waals surface area contributed by atoms with E-state index in [-0.39, 0.29) is 12.2 Å². The molecule has 0 amide bonds. The number of phenolic OH excluding ortho intramolecular Hbond substituents is 1. The highest BCUT2D eigenvalue weighted by Crippen LogP contribution is 2.33. The van der Waals surface area contributed by atoms with Gasteiger partial charge in [-0.2, -0.15) is 5.26 Å². The average molecular weight is 240 g/mol. The first-order valence-corrected chi connectivity index (χ1v) is 4.71. The first-order valence-electron chi connectivity index (χ1n) is 3.92. The van der Waals surface area contributed by atoms with Gasteiger partial charge in [0.25, 0.3) is 0 Å². The fourth-order valence-electron chi connectivity index (χ4n) is 1.15. The van der Waals surface area contributed by atoms with Gasteiger partial charge in [-0.15, -0.1) is 0 Å². The van der Waals surface area contributed by atoms with E-state index in [1.165, 1.54) is 0 Å². The highest BCUT2D eigenvalue weighted by molar-refractivity contribution is 9.10. The Hall–Kier alpha value is -1.01. The second kappa shape index (κ2) is 3.80. The minimum absolute atomic E-state index is 0.185. The van der Waals surface area contributed by atoms with Gasteiger partial charge < -0.3 is 5.11 Å². The van der Waals surface area contributed by atoms with E-state index >= 15 is 0 Å². The van der Waals surface area contributed by atoms with Crippen LogP contribution in [0.3, 0.4) is 0 Å². The summed E-state index contributed by atoms with van der Waals surface area (Å²) in [6.45, 7) is 3.88. The third kappa shape index (κ3) is 1.84. The van der Waals surface area contributed by atoms with Crippen LogP contribution < -0.4 is 0 Å². The monoisotopic (exact) mass is 239 g/mol. The topological polar surface area (TPSA) is 44.0 Å². The largest absolute Gasteiger partial charge is 0.506 e. The molecule has 0 spiro atoms. The average Bonchev–Trinajstić information content (AvgIpc) is 2.11. The van der Waals surface area contributed by atoms with Crippen LogP contribution in [0, 0.1) is 25.2 Å². The number of aromatic hydroxyl groups is 1. The molecule has 0 heterocycles. The minimum atomic E-state index is 0.185. The van der Waals surface area contributed by atoms with Gasteiger partial charge in [-0.1, -0.05) is 6.07 Å². The summed E-state index contributed by atoms with van der Waals surface area (Å²) in [4.78, 5) is 0. The Bertz CT molecular complexity index is 379. The first kappa shape index (κ1) is 10.1. The van der Waals surface area contributed by atoms with Crippen LogP contribution >= 0.6 is 15.9 Å². The van der Waals surface area contributed by atoms with E-state index in [0.717, 1.165) is 11.1 Å². The van der Waals surface area contributed by atoms with Gasteiger partial charge in [0.15, 0.2) is 0 Å². The van der Waals surface area contributed by atoms with Gasteiger partial charge in [-0.05, 0) is 40.9 Å². The SMILES string of the molecule is Cc1cc(CC#N)c(O)c(Br)c1C. The Morgan fingerprint density at radius 3 is 2.69 bits per heavy atom. The second-order valence-corrected chi connectivity index (χ2v) is 3.77. The summed E-state index contributed by atoms with van der Waals surface area (Å²) in [5, 5.41) is 18.2. The van der Waals surface area contributed by atoms with Crippen molar-refractivity contribution in [3.05, 3.63) is 27.2 Å². The fourth-order valence-corrected chi connectivity index (χ4v) is 1.72. The van der Waals surface area contributed by atoms with Crippen LogP contribution in [0.1, 0.15) is 16.7 Å². The molecule has 0 aromatic heterocycles. The molecule has 3 heteroatoms. The molecule has 0 aliphatic rings. The van der Waals surface area contributed by atoms with Crippen molar-refractivity contribution in [2.75, 3.05) is 0 Å². The maximum Gasteiger partial charge on any atom is 0.134 e. The van der Waals surface area contributed by atoms with Crippen LogP contribution in [-0.2, 0) is 6.42 Å². The van der Waals surface area contributed by atoms with Crippen LogP contribution in [-0.4, -0.2) is 5.11 Å². The van der Waals surface area contributed by atoms with Crippen LogP contribution in [0.15, 0.2) is 10.5 Å². The Labute approximate surface area is 85.9 Å². The van der Waals surface area contributed by atoms with Crippen molar-refractivity contribution in [2.45, 2.75) is 20.3 Å². The summed E-state index contributed by atoms with van der Waals surface area (Å²) >= 11 is 3.29. The van der Waals surface area contributed by atoms with E-state index in [1.807, 2.05) is 26.0 Å². The zero-order valence-corrected chi connectivity index (χ0v) is 9.14. The number of rotatable bonds is 1. The number of aryl methyl sites for hydroxylation is 1. The van der Waals surface area contributed by atoms with Crippen LogP contribution in [0.25, 0.3) is 0 Å². The summed E-state index contributed by atoms with van der Waals surface area (Å²) < 4.78 is 0.692. The van der Waals surface area contributed by atoms with E-state index in [4.69, 9.17) is 5.26 Å². The lowest BCUT2D eigenvalue weighted by Crippen LogP contribution is -1.90. The molecule has 0 atom stereocenters. The van der Waals surface area contributed by atoms with E-state index in [1.54, 1.807) is 0 Å². The number of hydrogen-bond donors (Lipinski definition) is 1. The molecule has 68 valence electrons. The molecule has 13 heavy (non-hydrogen) atoms. The van der Waals surface area contributed by atoms with Gasteiger partial charge >= 0.3 is 0 Å². The number of benzene rings is 1. The predicted octanol–water partition coefficient (Wildman–Crippen LogP) is 2.84. The number of hydrogen-bond acceptors (Lipinski definition) is 2. The van der Waals surface area contributed by atoms with Gasteiger partial charge in [0, 0.05) is 5.56 Å². The number of nitrogens with zero attached hydrogens (tertiary/aromatic N) is 1. The third-order valence-corrected chi connectivity index (χ3v) is 3.06. The lowest BCUT2D eigenvalue weighted by molar-refractivity contribution is 0.465. The molecule has 2 nitrogen and oxygen atoms in total. The highest BCUT2D eigenvalue weighted by Gasteiger charge is 2.09. The molecule has 0 saturated heterocycles. The maximum absolute atomic E-state index is 9.64. The normalized spacial score (nSPS) is 9.69. The molecule has 0 aliphatic carbocycles.